The number of ketones is 1. The molecule has 0 bridgehead atoms. The normalized spacial score (nSPS) is 25.4. The lowest BCUT2D eigenvalue weighted by molar-refractivity contribution is -0.179. The fourth-order valence-electron chi connectivity index (χ4n) is 1.18. The zero-order valence-electron chi connectivity index (χ0n) is 6.36. The van der Waals surface area contributed by atoms with E-state index in [1.165, 1.54) is 0 Å². The van der Waals surface area contributed by atoms with Gasteiger partial charge in [-0.05, 0) is 12.8 Å². The lowest BCUT2D eigenvalue weighted by Crippen LogP contribution is -2.35. The van der Waals surface area contributed by atoms with Gasteiger partial charge in [0.1, 0.15) is 0 Å². The average molecular weight is 182 g/mol. The van der Waals surface area contributed by atoms with E-state index >= 15 is 0 Å². The third-order valence-electron chi connectivity index (χ3n) is 1.81. The Labute approximate surface area is 67.7 Å². The van der Waals surface area contributed by atoms with Gasteiger partial charge in [0.25, 0.3) is 0 Å². The van der Waals surface area contributed by atoms with Crippen molar-refractivity contribution in [2.24, 2.45) is 5.92 Å². The third-order valence-corrected chi connectivity index (χ3v) is 1.81. The summed E-state index contributed by atoms with van der Waals surface area (Å²) in [5, 5.41) is 0. The maximum Gasteiger partial charge on any atom is 0.450 e. The summed E-state index contributed by atoms with van der Waals surface area (Å²) in [4.78, 5) is 10.6. The van der Waals surface area contributed by atoms with Crippen LogP contribution in [0.15, 0.2) is 0 Å². The van der Waals surface area contributed by atoms with Gasteiger partial charge in [0.2, 0.25) is 5.78 Å². The van der Waals surface area contributed by atoms with Crippen molar-refractivity contribution in [3.63, 3.8) is 0 Å². The summed E-state index contributed by atoms with van der Waals surface area (Å²) in [7, 11) is 0. The molecule has 0 aliphatic carbocycles. The summed E-state index contributed by atoms with van der Waals surface area (Å²) in [5.74, 6) is -2.62. The summed E-state index contributed by atoms with van der Waals surface area (Å²) >= 11 is 0. The fraction of sp³-hybridized carbons (Fsp3) is 0.857. The Balaban J connectivity index is 2.51. The van der Waals surface area contributed by atoms with Crippen LogP contribution in [0, 0.1) is 5.92 Å². The maximum absolute atomic E-state index is 11.8. The molecule has 1 fully saturated rings. The van der Waals surface area contributed by atoms with Gasteiger partial charge < -0.3 is 4.74 Å². The number of halogens is 3. The van der Waals surface area contributed by atoms with Gasteiger partial charge in [-0.1, -0.05) is 0 Å². The molecule has 0 aromatic heterocycles. The highest BCUT2D eigenvalue weighted by molar-refractivity contribution is 5.86. The van der Waals surface area contributed by atoms with Crippen molar-refractivity contribution in [1.82, 2.24) is 0 Å². The molecule has 0 amide bonds. The van der Waals surface area contributed by atoms with Crippen molar-refractivity contribution in [2.75, 3.05) is 13.2 Å². The molecule has 0 saturated carbocycles. The molecule has 0 N–H and O–H groups in total. The molecular weight excluding hydrogens is 173 g/mol. The SMILES string of the molecule is O=C(C1CCCOC1)C(F)(F)F. The summed E-state index contributed by atoms with van der Waals surface area (Å²) in [5.41, 5.74) is 0. The van der Waals surface area contributed by atoms with Crippen molar-refractivity contribution in [2.45, 2.75) is 19.0 Å². The molecule has 0 aromatic carbocycles. The molecule has 0 radical (unpaired) electrons. The predicted molar refractivity (Wildman–Crippen MR) is 34.6 cm³/mol. The first kappa shape index (κ1) is 9.51. The zero-order chi connectivity index (χ0) is 9.19. The topological polar surface area (TPSA) is 26.3 Å². The highest BCUT2D eigenvalue weighted by Crippen LogP contribution is 2.25. The van der Waals surface area contributed by atoms with Gasteiger partial charge >= 0.3 is 6.18 Å². The zero-order valence-corrected chi connectivity index (χ0v) is 6.36. The van der Waals surface area contributed by atoms with Crippen LogP contribution in [0.1, 0.15) is 12.8 Å². The number of hydrogen-bond donors (Lipinski definition) is 0. The van der Waals surface area contributed by atoms with E-state index in [-0.39, 0.29) is 6.61 Å². The minimum absolute atomic E-state index is 0.0850. The van der Waals surface area contributed by atoms with Crippen molar-refractivity contribution < 1.29 is 22.7 Å². The van der Waals surface area contributed by atoms with Crippen LogP contribution in [0.4, 0.5) is 13.2 Å². The Hall–Kier alpha value is -0.580. The minimum atomic E-state index is -4.70. The second-order valence-electron chi connectivity index (χ2n) is 2.78. The van der Waals surface area contributed by atoms with E-state index in [2.05, 4.69) is 0 Å². The van der Waals surface area contributed by atoms with Gasteiger partial charge in [-0.25, -0.2) is 0 Å². The summed E-state index contributed by atoms with van der Waals surface area (Å²) in [6.07, 6.45) is -3.88. The van der Waals surface area contributed by atoms with E-state index in [0.717, 1.165) is 0 Å². The lowest BCUT2D eigenvalue weighted by atomic mass is 9.97. The van der Waals surface area contributed by atoms with E-state index in [9.17, 15) is 18.0 Å². The molecule has 0 spiro atoms. The van der Waals surface area contributed by atoms with Crippen LogP contribution in [0.25, 0.3) is 0 Å². The van der Waals surface area contributed by atoms with Crippen molar-refractivity contribution in [1.29, 1.82) is 0 Å². The van der Waals surface area contributed by atoms with Crippen LogP contribution >= 0.6 is 0 Å². The second kappa shape index (κ2) is 3.43. The van der Waals surface area contributed by atoms with Gasteiger partial charge in [-0.3, -0.25) is 4.79 Å². The molecule has 1 rings (SSSR count). The molecule has 1 aliphatic heterocycles. The van der Waals surface area contributed by atoms with Crippen LogP contribution in [-0.4, -0.2) is 25.2 Å². The van der Waals surface area contributed by atoms with E-state index in [1.54, 1.807) is 0 Å². The molecule has 1 unspecified atom stereocenters. The van der Waals surface area contributed by atoms with Gasteiger partial charge in [-0.2, -0.15) is 13.2 Å². The number of Topliss-reactive ketones (excluding diaryl/α,β-unsaturated/α-hetero) is 1. The van der Waals surface area contributed by atoms with E-state index in [0.29, 0.717) is 19.4 Å². The summed E-state index contributed by atoms with van der Waals surface area (Å²) in [6.45, 7) is 0.375. The van der Waals surface area contributed by atoms with Gasteiger partial charge in [0.15, 0.2) is 0 Å². The number of hydrogen-bond acceptors (Lipinski definition) is 2. The first-order valence-electron chi connectivity index (χ1n) is 3.70. The van der Waals surface area contributed by atoms with Crippen LogP contribution in [0.2, 0.25) is 0 Å². The van der Waals surface area contributed by atoms with E-state index in [1.807, 2.05) is 0 Å². The first-order chi connectivity index (χ1) is 5.52. The molecule has 5 heteroatoms. The largest absolute Gasteiger partial charge is 0.450 e. The van der Waals surface area contributed by atoms with Gasteiger partial charge in [-0.15, -0.1) is 0 Å². The van der Waals surface area contributed by atoms with Crippen molar-refractivity contribution >= 4 is 5.78 Å². The molecule has 1 aliphatic rings. The van der Waals surface area contributed by atoms with Crippen molar-refractivity contribution in [3.05, 3.63) is 0 Å². The molecule has 70 valence electrons. The first-order valence-corrected chi connectivity index (χ1v) is 3.70. The summed E-state index contributed by atoms with van der Waals surface area (Å²) < 4.78 is 40.3. The Morgan fingerprint density at radius 3 is 2.50 bits per heavy atom. The van der Waals surface area contributed by atoms with E-state index in [4.69, 9.17) is 4.74 Å². The molecule has 2 nitrogen and oxygen atoms in total. The van der Waals surface area contributed by atoms with Gasteiger partial charge in [0.05, 0.1) is 12.5 Å². The molecule has 12 heavy (non-hydrogen) atoms. The van der Waals surface area contributed by atoms with Crippen LogP contribution < -0.4 is 0 Å². The van der Waals surface area contributed by atoms with E-state index < -0.39 is 17.9 Å². The number of ether oxygens (including phenoxy) is 1. The summed E-state index contributed by atoms with van der Waals surface area (Å²) in [6, 6.07) is 0. The number of carbonyl (C=O) groups is 1. The Kier molecular flexibility index (Phi) is 2.72. The fourth-order valence-corrected chi connectivity index (χ4v) is 1.18. The van der Waals surface area contributed by atoms with Crippen molar-refractivity contribution in [3.8, 4) is 0 Å². The highest BCUT2D eigenvalue weighted by atomic mass is 19.4. The number of rotatable bonds is 1. The monoisotopic (exact) mass is 182 g/mol. The third kappa shape index (κ3) is 2.20. The quantitative estimate of drug-likeness (QED) is 0.614. The second-order valence-corrected chi connectivity index (χ2v) is 2.78. The number of carbonyl (C=O) groups excluding carboxylic acids is 1. The Bertz CT molecular complexity index is 170. The van der Waals surface area contributed by atoms with Crippen LogP contribution in [-0.2, 0) is 9.53 Å². The molecule has 0 aromatic rings. The van der Waals surface area contributed by atoms with Crippen LogP contribution in [0.3, 0.4) is 0 Å². The number of alkyl halides is 3. The Morgan fingerprint density at radius 2 is 2.08 bits per heavy atom. The molecule has 1 heterocycles. The van der Waals surface area contributed by atoms with Gasteiger partial charge in [0, 0.05) is 6.61 Å². The highest BCUT2D eigenvalue weighted by Gasteiger charge is 2.43. The predicted octanol–water partition coefficient (Wildman–Crippen LogP) is 1.54. The molecule has 1 saturated heterocycles. The molecule has 1 atom stereocenters. The minimum Gasteiger partial charge on any atom is -0.381 e. The average Bonchev–Trinajstić information content (AvgIpc) is 2.03. The maximum atomic E-state index is 11.8. The standard InChI is InChI=1S/C7H9F3O2/c8-7(9,10)6(11)5-2-1-3-12-4-5/h5H,1-4H2. The lowest BCUT2D eigenvalue weighted by Gasteiger charge is -2.21. The molecular formula is C7H9F3O2. The van der Waals surface area contributed by atoms with Crippen LogP contribution in [0.5, 0.6) is 0 Å². The smallest absolute Gasteiger partial charge is 0.381 e. The Morgan fingerprint density at radius 1 is 1.42 bits per heavy atom.